The predicted molar refractivity (Wildman–Crippen MR) is 99.2 cm³/mol. The minimum absolute atomic E-state index is 0.0829. The molecule has 1 spiro atoms. The van der Waals surface area contributed by atoms with Gasteiger partial charge in [-0.25, -0.2) is 4.99 Å². The summed E-state index contributed by atoms with van der Waals surface area (Å²) in [6.45, 7) is 2.91. The van der Waals surface area contributed by atoms with E-state index in [4.69, 9.17) is 14.2 Å². The lowest BCUT2D eigenvalue weighted by atomic mass is 9.74. The second-order valence-electron chi connectivity index (χ2n) is 8.15. The van der Waals surface area contributed by atoms with Crippen LogP contribution in [0, 0.1) is 0 Å². The molecule has 6 nitrogen and oxygen atoms in total. The van der Waals surface area contributed by atoms with Crippen LogP contribution in [-0.4, -0.2) is 55.2 Å². The SMILES string of the molecule is O=C(CC1=[NH+]C2(CCCCC2)Cc2cc3c(cc21)OCO3)N1CCOCC1. The molecule has 1 aliphatic carbocycles. The molecule has 1 aromatic rings. The maximum Gasteiger partial charge on any atom is 0.233 e. The molecule has 1 saturated carbocycles. The number of fused-ring (bicyclic) bond motifs is 2. The lowest BCUT2D eigenvalue weighted by Gasteiger charge is -2.34. The zero-order valence-electron chi connectivity index (χ0n) is 15.7. The van der Waals surface area contributed by atoms with Crippen molar-refractivity contribution < 1.29 is 24.0 Å². The van der Waals surface area contributed by atoms with Crippen molar-refractivity contribution in [2.24, 2.45) is 0 Å². The fraction of sp³-hybridized carbons (Fsp3) is 0.619. The summed E-state index contributed by atoms with van der Waals surface area (Å²) < 4.78 is 16.6. The Morgan fingerprint density at radius 1 is 1.07 bits per heavy atom. The van der Waals surface area contributed by atoms with Crippen LogP contribution >= 0.6 is 0 Å². The average molecular weight is 371 g/mol. The Kier molecular flexibility index (Phi) is 4.31. The molecule has 0 atom stereocenters. The van der Waals surface area contributed by atoms with Crippen LogP contribution in [0.2, 0.25) is 0 Å². The second-order valence-corrected chi connectivity index (χ2v) is 8.15. The van der Waals surface area contributed by atoms with Gasteiger partial charge < -0.3 is 19.1 Å². The summed E-state index contributed by atoms with van der Waals surface area (Å²) in [5.41, 5.74) is 3.54. The van der Waals surface area contributed by atoms with E-state index in [1.165, 1.54) is 24.8 Å². The van der Waals surface area contributed by atoms with Crippen LogP contribution in [0.3, 0.4) is 0 Å². The van der Waals surface area contributed by atoms with Crippen molar-refractivity contribution in [1.82, 2.24) is 4.90 Å². The molecule has 1 amide bonds. The highest BCUT2D eigenvalue weighted by atomic mass is 16.7. The van der Waals surface area contributed by atoms with Gasteiger partial charge in [-0.15, -0.1) is 0 Å². The van der Waals surface area contributed by atoms with Gasteiger partial charge in [-0.3, -0.25) is 4.79 Å². The van der Waals surface area contributed by atoms with Crippen LogP contribution in [0.5, 0.6) is 11.5 Å². The fourth-order valence-corrected chi connectivity index (χ4v) is 4.95. The number of carbonyl (C=O) groups is 1. The van der Waals surface area contributed by atoms with Crippen molar-refractivity contribution in [1.29, 1.82) is 0 Å². The minimum atomic E-state index is 0.0829. The van der Waals surface area contributed by atoms with Crippen molar-refractivity contribution in [2.45, 2.75) is 50.5 Å². The number of hydrogen-bond acceptors (Lipinski definition) is 4. The molecule has 0 bridgehead atoms. The van der Waals surface area contributed by atoms with Gasteiger partial charge in [0.2, 0.25) is 12.7 Å². The molecule has 5 rings (SSSR count). The Bertz CT molecular complexity index is 777. The molecule has 27 heavy (non-hydrogen) atoms. The molecular weight excluding hydrogens is 344 g/mol. The Hall–Kier alpha value is -2.08. The van der Waals surface area contributed by atoms with E-state index in [9.17, 15) is 4.79 Å². The Balaban J connectivity index is 1.49. The Morgan fingerprint density at radius 2 is 1.81 bits per heavy atom. The molecule has 4 aliphatic rings. The molecule has 144 valence electrons. The van der Waals surface area contributed by atoms with Gasteiger partial charge in [-0.2, -0.15) is 0 Å². The fourth-order valence-electron chi connectivity index (χ4n) is 4.95. The first-order valence-electron chi connectivity index (χ1n) is 10.1. The summed E-state index contributed by atoms with van der Waals surface area (Å²) in [6.07, 6.45) is 7.53. The van der Waals surface area contributed by atoms with Crippen LogP contribution in [0.4, 0.5) is 0 Å². The molecule has 0 unspecified atom stereocenters. The monoisotopic (exact) mass is 371 g/mol. The van der Waals surface area contributed by atoms with E-state index in [0.717, 1.165) is 42.0 Å². The van der Waals surface area contributed by atoms with Crippen LogP contribution in [0.15, 0.2) is 12.1 Å². The molecular formula is C21H27N2O4+. The number of nitrogens with one attached hydrogen (secondary N) is 1. The van der Waals surface area contributed by atoms with E-state index in [0.29, 0.717) is 32.7 Å². The van der Waals surface area contributed by atoms with Crippen molar-refractivity contribution in [3.05, 3.63) is 23.3 Å². The van der Waals surface area contributed by atoms with Gasteiger partial charge in [0, 0.05) is 37.9 Å². The highest BCUT2D eigenvalue weighted by Gasteiger charge is 2.43. The third-order valence-corrected chi connectivity index (χ3v) is 6.37. The van der Waals surface area contributed by atoms with E-state index in [1.54, 1.807) is 0 Å². The lowest BCUT2D eigenvalue weighted by Crippen LogP contribution is -2.90. The number of amides is 1. The van der Waals surface area contributed by atoms with Gasteiger partial charge in [0.25, 0.3) is 0 Å². The number of benzene rings is 1. The summed E-state index contributed by atoms with van der Waals surface area (Å²) in [5, 5.41) is 0. The van der Waals surface area contributed by atoms with Gasteiger partial charge in [-0.1, -0.05) is 6.42 Å². The predicted octanol–water partition coefficient (Wildman–Crippen LogP) is 0.793. The highest BCUT2D eigenvalue weighted by Crippen LogP contribution is 2.38. The zero-order chi connectivity index (χ0) is 18.3. The molecule has 6 heteroatoms. The molecule has 3 heterocycles. The lowest BCUT2D eigenvalue weighted by molar-refractivity contribution is -0.562. The first kappa shape index (κ1) is 17.0. The summed E-state index contributed by atoms with van der Waals surface area (Å²) in [7, 11) is 0. The van der Waals surface area contributed by atoms with E-state index < -0.39 is 0 Å². The smallest absolute Gasteiger partial charge is 0.233 e. The summed E-state index contributed by atoms with van der Waals surface area (Å²) in [5.74, 6) is 1.80. The molecule has 0 radical (unpaired) electrons. The van der Waals surface area contributed by atoms with Crippen molar-refractivity contribution in [3.63, 3.8) is 0 Å². The molecule has 3 aliphatic heterocycles. The van der Waals surface area contributed by atoms with E-state index >= 15 is 0 Å². The van der Waals surface area contributed by atoms with Crippen molar-refractivity contribution in [3.8, 4) is 11.5 Å². The number of rotatable bonds is 2. The normalized spacial score (nSPS) is 23.1. The molecule has 1 saturated heterocycles. The van der Waals surface area contributed by atoms with Crippen LogP contribution in [0.25, 0.3) is 0 Å². The number of morpholine rings is 1. The second kappa shape index (κ2) is 6.82. The quantitative estimate of drug-likeness (QED) is 0.835. The molecule has 2 fully saturated rings. The maximum absolute atomic E-state index is 12.9. The highest BCUT2D eigenvalue weighted by molar-refractivity contribution is 6.09. The molecule has 1 N–H and O–H groups in total. The summed E-state index contributed by atoms with van der Waals surface area (Å²) in [6, 6.07) is 4.19. The van der Waals surface area contributed by atoms with Crippen molar-refractivity contribution >= 4 is 11.6 Å². The summed E-state index contributed by atoms with van der Waals surface area (Å²) in [4.78, 5) is 18.7. The number of nitrogens with zero attached hydrogens (tertiary/aromatic N) is 1. The number of ether oxygens (including phenoxy) is 3. The third kappa shape index (κ3) is 3.20. The van der Waals surface area contributed by atoms with Crippen LogP contribution in [0.1, 0.15) is 49.7 Å². The van der Waals surface area contributed by atoms with Crippen molar-refractivity contribution in [2.75, 3.05) is 33.1 Å². The summed E-state index contributed by atoms with van der Waals surface area (Å²) >= 11 is 0. The number of carbonyl (C=O) groups excluding carboxylic acids is 1. The van der Waals surface area contributed by atoms with Crippen LogP contribution < -0.4 is 14.5 Å². The Labute approximate surface area is 159 Å². The van der Waals surface area contributed by atoms with Gasteiger partial charge in [0.1, 0.15) is 6.42 Å². The van der Waals surface area contributed by atoms with Gasteiger partial charge in [0.05, 0.1) is 13.2 Å². The largest absolute Gasteiger partial charge is 0.454 e. The van der Waals surface area contributed by atoms with Crippen LogP contribution in [-0.2, 0) is 16.0 Å². The average Bonchev–Trinajstić information content (AvgIpc) is 3.15. The van der Waals surface area contributed by atoms with E-state index in [1.807, 2.05) is 4.90 Å². The zero-order valence-corrected chi connectivity index (χ0v) is 15.7. The van der Waals surface area contributed by atoms with E-state index in [-0.39, 0.29) is 18.2 Å². The first-order chi connectivity index (χ1) is 13.2. The first-order valence-corrected chi connectivity index (χ1v) is 10.1. The van der Waals surface area contributed by atoms with Gasteiger partial charge >= 0.3 is 0 Å². The van der Waals surface area contributed by atoms with Gasteiger partial charge in [-0.05, 0) is 30.5 Å². The minimum Gasteiger partial charge on any atom is -0.454 e. The maximum atomic E-state index is 12.9. The standard InChI is InChI=1S/C21H26N2O4/c24-20(23-6-8-25-9-7-23)12-17-16-11-19-18(26-14-27-19)10-15(16)13-21(22-17)4-2-1-3-5-21/h10-11H,1-9,12-14H2/p+1. The molecule has 1 aromatic carbocycles. The third-order valence-electron chi connectivity index (χ3n) is 6.37. The molecule has 0 aromatic heterocycles. The van der Waals surface area contributed by atoms with Gasteiger partial charge in [0.15, 0.2) is 22.7 Å². The Morgan fingerprint density at radius 3 is 2.59 bits per heavy atom. The van der Waals surface area contributed by atoms with E-state index in [2.05, 4.69) is 17.1 Å². The topological polar surface area (TPSA) is 62.0 Å². The number of hydrogen-bond donors (Lipinski definition) is 1.